The molecule has 0 atom stereocenters. The molecule has 8 nitrogen and oxygen atoms in total. The maximum atomic E-state index is 13.3. The number of likely N-dealkylation sites (tertiary alicyclic amines) is 1. The van der Waals surface area contributed by atoms with Crippen LogP contribution in [0.2, 0.25) is 0 Å². The molecule has 4 aromatic rings. The van der Waals surface area contributed by atoms with Crippen molar-refractivity contribution in [2.45, 2.75) is 59.3 Å². The lowest BCUT2D eigenvalue weighted by Crippen LogP contribution is -2.38. The van der Waals surface area contributed by atoms with Gasteiger partial charge in [0.1, 0.15) is 5.82 Å². The SMILES string of the molecule is CCNc1ccc(C(=O)N2CCC(Cc3cccc(NC(=O)Nc4c(C(C)(C)C)cnn4-c4ccc(C)cc4)c3)CC2)cc1. The number of nitrogens with one attached hydrogen (secondary N) is 3. The third-order valence-corrected chi connectivity index (χ3v) is 8.21. The summed E-state index contributed by atoms with van der Waals surface area (Å²) in [5.74, 6) is 1.24. The average molecular weight is 593 g/mol. The number of anilines is 3. The zero-order valence-electron chi connectivity index (χ0n) is 26.5. The Hall–Kier alpha value is -4.59. The van der Waals surface area contributed by atoms with Crippen molar-refractivity contribution >= 4 is 29.1 Å². The minimum Gasteiger partial charge on any atom is -0.385 e. The molecular formula is C36H44N6O2. The summed E-state index contributed by atoms with van der Waals surface area (Å²) >= 11 is 0. The van der Waals surface area contributed by atoms with Gasteiger partial charge in [0.25, 0.3) is 5.91 Å². The van der Waals surface area contributed by atoms with Gasteiger partial charge in [-0.15, -0.1) is 0 Å². The van der Waals surface area contributed by atoms with Crippen LogP contribution in [-0.4, -0.2) is 46.3 Å². The molecular weight excluding hydrogens is 548 g/mol. The van der Waals surface area contributed by atoms with Crippen molar-refractivity contribution in [3.8, 4) is 5.69 Å². The normalized spacial score (nSPS) is 13.9. The Balaban J connectivity index is 1.19. The number of carbonyl (C=O) groups is 2. The van der Waals surface area contributed by atoms with Crippen LogP contribution in [0.4, 0.5) is 22.0 Å². The maximum absolute atomic E-state index is 13.3. The number of nitrogens with zero attached hydrogens (tertiary/aromatic N) is 3. The molecule has 1 aromatic heterocycles. The number of aromatic nitrogens is 2. The standard InChI is InChI=1S/C36H44N6O2/c1-6-37-29-14-12-28(13-15-29)34(43)41-20-18-26(19-21-41)22-27-8-7-9-30(23-27)39-35(44)40-33-32(36(3,4)5)24-38-42(33)31-16-10-25(2)11-17-31/h7-17,23-24,26,37H,6,18-22H2,1-5H3,(H2,39,40,44). The number of piperidine rings is 1. The van der Waals surface area contributed by atoms with Gasteiger partial charge < -0.3 is 15.5 Å². The molecule has 0 bridgehead atoms. The lowest BCUT2D eigenvalue weighted by atomic mass is 9.89. The topological polar surface area (TPSA) is 91.3 Å². The van der Waals surface area contributed by atoms with Gasteiger partial charge in [-0.3, -0.25) is 10.1 Å². The number of amides is 3. The summed E-state index contributed by atoms with van der Waals surface area (Å²) in [6.45, 7) is 12.8. The Morgan fingerprint density at radius 3 is 2.27 bits per heavy atom. The van der Waals surface area contributed by atoms with E-state index in [0.29, 0.717) is 11.7 Å². The molecule has 0 unspecified atom stereocenters. The highest BCUT2D eigenvalue weighted by Gasteiger charge is 2.26. The molecule has 44 heavy (non-hydrogen) atoms. The number of hydrogen-bond donors (Lipinski definition) is 3. The quantitative estimate of drug-likeness (QED) is 0.196. The van der Waals surface area contributed by atoms with Gasteiger partial charge in [0, 0.05) is 42.1 Å². The van der Waals surface area contributed by atoms with Crippen molar-refractivity contribution in [2.75, 3.05) is 35.6 Å². The maximum Gasteiger partial charge on any atom is 0.324 e. The second-order valence-corrected chi connectivity index (χ2v) is 12.7. The van der Waals surface area contributed by atoms with E-state index in [1.54, 1.807) is 4.68 Å². The molecule has 0 saturated carbocycles. The Morgan fingerprint density at radius 2 is 1.61 bits per heavy atom. The van der Waals surface area contributed by atoms with E-state index in [1.807, 2.05) is 84.8 Å². The fraction of sp³-hybridized carbons (Fsp3) is 0.361. The Labute approximate surface area is 260 Å². The van der Waals surface area contributed by atoms with E-state index in [2.05, 4.69) is 54.8 Å². The molecule has 1 saturated heterocycles. The fourth-order valence-electron chi connectivity index (χ4n) is 5.74. The van der Waals surface area contributed by atoms with Crippen molar-refractivity contribution < 1.29 is 9.59 Å². The number of benzene rings is 3. The Morgan fingerprint density at radius 1 is 0.909 bits per heavy atom. The van der Waals surface area contributed by atoms with Crippen LogP contribution >= 0.6 is 0 Å². The van der Waals surface area contributed by atoms with Crippen LogP contribution in [0.15, 0.2) is 79.0 Å². The van der Waals surface area contributed by atoms with Gasteiger partial charge in [-0.1, -0.05) is 50.6 Å². The third-order valence-electron chi connectivity index (χ3n) is 8.21. The minimum absolute atomic E-state index is 0.0991. The van der Waals surface area contributed by atoms with Gasteiger partial charge in [0.2, 0.25) is 0 Å². The zero-order valence-corrected chi connectivity index (χ0v) is 26.5. The predicted octanol–water partition coefficient (Wildman–Crippen LogP) is 7.65. The molecule has 0 aliphatic carbocycles. The highest BCUT2D eigenvalue weighted by molar-refractivity contribution is 6.00. The first-order valence-corrected chi connectivity index (χ1v) is 15.6. The van der Waals surface area contributed by atoms with Gasteiger partial charge in [-0.05, 0) is 98.5 Å². The van der Waals surface area contributed by atoms with Crippen LogP contribution < -0.4 is 16.0 Å². The van der Waals surface area contributed by atoms with Crippen LogP contribution in [0.3, 0.4) is 0 Å². The first-order valence-electron chi connectivity index (χ1n) is 15.6. The molecule has 2 heterocycles. The van der Waals surface area contributed by atoms with Crippen LogP contribution in [0.25, 0.3) is 5.69 Å². The first-order chi connectivity index (χ1) is 21.1. The molecule has 0 spiro atoms. The molecule has 3 amide bonds. The molecule has 3 N–H and O–H groups in total. The summed E-state index contributed by atoms with van der Waals surface area (Å²) in [5.41, 5.74) is 6.48. The van der Waals surface area contributed by atoms with Crippen molar-refractivity contribution in [3.63, 3.8) is 0 Å². The molecule has 3 aromatic carbocycles. The summed E-state index contributed by atoms with van der Waals surface area (Å²) in [4.78, 5) is 28.3. The minimum atomic E-state index is -0.313. The van der Waals surface area contributed by atoms with Crippen molar-refractivity contribution in [3.05, 3.63) is 101 Å². The number of rotatable bonds is 8. The highest BCUT2D eigenvalue weighted by atomic mass is 16.2. The second-order valence-electron chi connectivity index (χ2n) is 12.7. The van der Waals surface area contributed by atoms with Gasteiger partial charge in [0.05, 0.1) is 11.9 Å². The molecule has 0 radical (unpaired) electrons. The Bertz CT molecular complexity index is 1580. The molecule has 230 valence electrons. The first kappa shape index (κ1) is 30.9. The smallest absolute Gasteiger partial charge is 0.324 e. The summed E-state index contributed by atoms with van der Waals surface area (Å²) in [6, 6.07) is 23.6. The van der Waals surface area contributed by atoms with Crippen molar-refractivity contribution in [1.82, 2.24) is 14.7 Å². The summed E-state index contributed by atoms with van der Waals surface area (Å²) in [6.07, 6.45) is 4.65. The van der Waals surface area contributed by atoms with Crippen LogP contribution in [-0.2, 0) is 11.8 Å². The van der Waals surface area contributed by atoms with E-state index in [-0.39, 0.29) is 17.4 Å². The number of hydrogen-bond acceptors (Lipinski definition) is 4. The highest BCUT2D eigenvalue weighted by Crippen LogP contribution is 2.32. The molecule has 5 rings (SSSR count). The average Bonchev–Trinajstić information content (AvgIpc) is 3.42. The zero-order chi connectivity index (χ0) is 31.3. The van der Waals surface area contributed by atoms with E-state index >= 15 is 0 Å². The van der Waals surface area contributed by atoms with E-state index in [9.17, 15) is 9.59 Å². The molecule has 1 fully saturated rings. The van der Waals surface area contributed by atoms with Crippen molar-refractivity contribution in [2.24, 2.45) is 5.92 Å². The summed E-state index contributed by atoms with van der Waals surface area (Å²) in [7, 11) is 0. The number of urea groups is 1. The molecule has 1 aliphatic rings. The van der Waals surface area contributed by atoms with E-state index in [4.69, 9.17) is 0 Å². The summed E-state index contributed by atoms with van der Waals surface area (Å²) in [5, 5.41) is 14.0. The van der Waals surface area contributed by atoms with Gasteiger partial charge in [0.15, 0.2) is 0 Å². The largest absolute Gasteiger partial charge is 0.385 e. The van der Waals surface area contributed by atoms with E-state index < -0.39 is 0 Å². The second kappa shape index (κ2) is 13.4. The van der Waals surface area contributed by atoms with Gasteiger partial charge >= 0.3 is 6.03 Å². The van der Waals surface area contributed by atoms with Crippen LogP contribution in [0.5, 0.6) is 0 Å². The molecule has 1 aliphatic heterocycles. The van der Waals surface area contributed by atoms with Gasteiger partial charge in [-0.25, -0.2) is 9.48 Å². The number of aryl methyl sites for hydroxylation is 1. The lowest BCUT2D eigenvalue weighted by molar-refractivity contribution is 0.0690. The van der Waals surface area contributed by atoms with Crippen LogP contribution in [0.1, 0.15) is 67.6 Å². The predicted molar refractivity (Wildman–Crippen MR) is 179 cm³/mol. The number of carbonyl (C=O) groups excluding carboxylic acids is 2. The van der Waals surface area contributed by atoms with Gasteiger partial charge in [-0.2, -0.15) is 5.10 Å². The Kier molecular flexibility index (Phi) is 9.37. The lowest BCUT2D eigenvalue weighted by Gasteiger charge is -2.32. The monoisotopic (exact) mass is 592 g/mol. The third kappa shape index (κ3) is 7.48. The fourth-order valence-corrected chi connectivity index (χ4v) is 5.74. The van der Waals surface area contributed by atoms with E-state index in [0.717, 1.165) is 72.6 Å². The molecule has 8 heteroatoms. The van der Waals surface area contributed by atoms with Crippen LogP contribution in [0, 0.1) is 12.8 Å². The van der Waals surface area contributed by atoms with E-state index in [1.165, 1.54) is 5.56 Å². The van der Waals surface area contributed by atoms with Crippen molar-refractivity contribution in [1.29, 1.82) is 0 Å². The summed E-state index contributed by atoms with van der Waals surface area (Å²) < 4.78 is 1.78.